The van der Waals surface area contributed by atoms with E-state index < -0.39 is 0 Å². The van der Waals surface area contributed by atoms with Gasteiger partial charge < -0.3 is 10.5 Å². The molecule has 0 unspecified atom stereocenters. The van der Waals surface area contributed by atoms with Gasteiger partial charge in [-0.05, 0) is 6.42 Å². The summed E-state index contributed by atoms with van der Waals surface area (Å²) in [6, 6.07) is -0.0425. The normalized spacial score (nSPS) is 13.5. The van der Waals surface area contributed by atoms with Crippen LogP contribution in [0.4, 0.5) is 0 Å². The lowest BCUT2D eigenvalue weighted by Crippen LogP contribution is -2.15. The quantitative estimate of drug-likeness (QED) is 0.461. The number of carbonyl (C=O) groups is 1. The summed E-state index contributed by atoms with van der Waals surface area (Å²) in [4.78, 5) is 10.5. The molecule has 58 valence electrons. The van der Waals surface area contributed by atoms with Gasteiger partial charge in [0.2, 0.25) is 0 Å². The van der Waals surface area contributed by atoms with Crippen molar-refractivity contribution < 1.29 is 9.53 Å². The van der Waals surface area contributed by atoms with Gasteiger partial charge in [0.15, 0.2) is 0 Å². The summed E-state index contributed by atoms with van der Waals surface area (Å²) < 4.78 is 4.36. The van der Waals surface area contributed by atoms with E-state index in [1.54, 1.807) is 6.08 Å². The molecule has 0 aliphatic heterocycles. The largest absolute Gasteiger partial charge is 0.466 e. The monoisotopic (exact) mass is 143 g/mol. The summed E-state index contributed by atoms with van der Waals surface area (Å²) >= 11 is 0. The van der Waals surface area contributed by atoms with E-state index in [4.69, 9.17) is 5.73 Å². The van der Waals surface area contributed by atoms with Crippen LogP contribution in [0.25, 0.3) is 0 Å². The van der Waals surface area contributed by atoms with E-state index in [1.165, 1.54) is 13.2 Å². The third-order valence-corrected chi connectivity index (χ3v) is 1.15. The van der Waals surface area contributed by atoms with Crippen molar-refractivity contribution in [2.75, 3.05) is 7.11 Å². The number of esters is 1. The summed E-state index contributed by atoms with van der Waals surface area (Å²) in [6.45, 7) is 1.95. The summed E-state index contributed by atoms with van der Waals surface area (Å²) in [5, 5.41) is 0. The molecule has 0 aliphatic rings. The van der Waals surface area contributed by atoms with E-state index >= 15 is 0 Å². The number of carbonyl (C=O) groups excluding carboxylic acids is 1. The molecule has 0 spiro atoms. The molecule has 0 aliphatic carbocycles. The highest BCUT2D eigenvalue weighted by Crippen LogP contribution is 1.88. The van der Waals surface area contributed by atoms with Gasteiger partial charge in [0.05, 0.1) is 7.11 Å². The van der Waals surface area contributed by atoms with Crippen molar-refractivity contribution in [2.45, 2.75) is 19.4 Å². The number of hydrogen-bond acceptors (Lipinski definition) is 3. The van der Waals surface area contributed by atoms with Crippen molar-refractivity contribution in [3.8, 4) is 0 Å². The molecule has 0 saturated carbocycles. The van der Waals surface area contributed by atoms with E-state index in [1.807, 2.05) is 6.92 Å². The van der Waals surface area contributed by atoms with Gasteiger partial charge in [-0.1, -0.05) is 13.0 Å². The smallest absolute Gasteiger partial charge is 0.330 e. The van der Waals surface area contributed by atoms with Crippen LogP contribution < -0.4 is 5.73 Å². The Morgan fingerprint density at radius 3 is 2.80 bits per heavy atom. The molecule has 0 heterocycles. The molecule has 0 rings (SSSR count). The van der Waals surface area contributed by atoms with Crippen LogP contribution in [-0.4, -0.2) is 19.1 Å². The second kappa shape index (κ2) is 4.99. The highest BCUT2D eigenvalue weighted by molar-refractivity contribution is 5.81. The van der Waals surface area contributed by atoms with E-state index in [0.717, 1.165) is 6.42 Å². The fourth-order valence-electron chi connectivity index (χ4n) is 0.406. The summed E-state index contributed by atoms with van der Waals surface area (Å²) in [5.41, 5.74) is 5.48. The minimum atomic E-state index is -0.357. The molecule has 0 aromatic rings. The van der Waals surface area contributed by atoms with Crippen LogP contribution in [0.5, 0.6) is 0 Å². The molecule has 0 saturated heterocycles. The van der Waals surface area contributed by atoms with E-state index in [0.29, 0.717) is 0 Å². The van der Waals surface area contributed by atoms with Crippen LogP contribution in [-0.2, 0) is 9.53 Å². The van der Waals surface area contributed by atoms with Crippen molar-refractivity contribution >= 4 is 5.97 Å². The fourth-order valence-corrected chi connectivity index (χ4v) is 0.406. The Kier molecular flexibility index (Phi) is 4.58. The summed E-state index contributed by atoms with van der Waals surface area (Å²) in [5.74, 6) is -0.357. The highest BCUT2D eigenvalue weighted by Gasteiger charge is 1.93. The Hall–Kier alpha value is -0.830. The molecule has 0 radical (unpaired) electrons. The predicted molar refractivity (Wildman–Crippen MR) is 39.4 cm³/mol. The summed E-state index contributed by atoms with van der Waals surface area (Å²) in [7, 11) is 1.34. The maximum atomic E-state index is 10.5. The fraction of sp³-hybridized carbons (Fsp3) is 0.571. The lowest BCUT2D eigenvalue weighted by Gasteiger charge is -1.98. The molecule has 2 N–H and O–H groups in total. The second-order valence-electron chi connectivity index (χ2n) is 1.95. The first-order valence-electron chi connectivity index (χ1n) is 3.22. The zero-order valence-electron chi connectivity index (χ0n) is 6.33. The maximum absolute atomic E-state index is 10.5. The zero-order chi connectivity index (χ0) is 7.98. The molecule has 0 fully saturated rings. The predicted octanol–water partition coefficient (Wildman–Crippen LogP) is 0.453. The van der Waals surface area contributed by atoms with Gasteiger partial charge in [-0.3, -0.25) is 0 Å². The van der Waals surface area contributed by atoms with Gasteiger partial charge in [0.1, 0.15) is 0 Å². The molecule has 0 bridgehead atoms. The van der Waals surface area contributed by atoms with Crippen LogP contribution >= 0.6 is 0 Å². The van der Waals surface area contributed by atoms with E-state index in [9.17, 15) is 4.79 Å². The van der Waals surface area contributed by atoms with Crippen LogP contribution in [0.3, 0.4) is 0 Å². The van der Waals surface area contributed by atoms with Gasteiger partial charge in [-0.25, -0.2) is 4.79 Å². The van der Waals surface area contributed by atoms with Crippen LogP contribution in [0, 0.1) is 0 Å². The number of rotatable bonds is 3. The lowest BCUT2D eigenvalue weighted by atomic mass is 10.2. The average Bonchev–Trinajstić information content (AvgIpc) is 1.99. The van der Waals surface area contributed by atoms with Crippen molar-refractivity contribution in [1.82, 2.24) is 0 Å². The molecular formula is C7H13NO2. The SMILES string of the molecule is CC[C@H](N)/C=C/C(=O)OC. The first-order chi connectivity index (χ1) is 4.70. The number of methoxy groups -OCH3 is 1. The maximum Gasteiger partial charge on any atom is 0.330 e. The van der Waals surface area contributed by atoms with Gasteiger partial charge in [-0.15, -0.1) is 0 Å². The molecule has 3 heteroatoms. The molecule has 1 atom stereocenters. The second-order valence-corrected chi connectivity index (χ2v) is 1.95. The van der Waals surface area contributed by atoms with Crippen molar-refractivity contribution in [1.29, 1.82) is 0 Å². The Morgan fingerprint density at radius 1 is 1.80 bits per heavy atom. The molecule has 0 aromatic carbocycles. The minimum Gasteiger partial charge on any atom is -0.466 e. The molecule has 0 aromatic heterocycles. The van der Waals surface area contributed by atoms with Crippen molar-refractivity contribution in [3.05, 3.63) is 12.2 Å². The third-order valence-electron chi connectivity index (χ3n) is 1.15. The molecule has 0 amide bonds. The number of nitrogens with two attached hydrogens (primary N) is 1. The molecule has 3 nitrogen and oxygen atoms in total. The Balaban J connectivity index is 3.63. The first-order valence-corrected chi connectivity index (χ1v) is 3.22. The lowest BCUT2D eigenvalue weighted by molar-refractivity contribution is -0.134. The topological polar surface area (TPSA) is 52.3 Å². The molecule has 10 heavy (non-hydrogen) atoms. The standard InChI is InChI=1S/C7H13NO2/c1-3-6(8)4-5-7(9)10-2/h4-6H,3,8H2,1-2H3/b5-4+/t6-/m0/s1. The zero-order valence-corrected chi connectivity index (χ0v) is 6.33. The first kappa shape index (κ1) is 9.17. The van der Waals surface area contributed by atoms with E-state index in [2.05, 4.69) is 4.74 Å². The third kappa shape index (κ3) is 4.09. The van der Waals surface area contributed by atoms with Crippen molar-refractivity contribution in [2.24, 2.45) is 5.73 Å². The Morgan fingerprint density at radius 2 is 2.40 bits per heavy atom. The van der Waals surface area contributed by atoms with Gasteiger partial charge in [-0.2, -0.15) is 0 Å². The minimum absolute atomic E-state index is 0.0425. The summed E-state index contributed by atoms with van der Waals surface area (Å²) in [6.07, 6.45) is 3.80. The van der Waals surface area contributed by atoms with Crippen molar-refractivity contribution in [3.63, 3.8) is 0 Å². The van der Waals surface area contributed by atoms with Gasteiger partial charge >= 0.3 is 5.97 Å². The Bertz CT molecular complexity index is 132. The van der Waals surface area contributed by atoms with Crippen LogP contribution in [0.1, 0.15) is 13.3 Å². The highest BCUT2D eigenvalue weighted by atomic mass is 16.5. The average molecular weight is 143 g/mol. The number of hydrogen-bond donors (Lipinski definition) is 1. The Labute approximate surface area is 60.9 Å². The van der Waals surface area contributed by atoms with Crippen LogP contribution in [0.2, 0.25) is 0 Å². The van der Waals surface area contributed by atoms with Gasteiger partial charge in [0, 0.05) is 12.1 Å². The molecular weight excluding hydrogens is 130 g/mol. The van der Waals surface area contributed by atoms with E-state index in [-0.39, 0.29) is 12.0 Å². The van der Waals surface area contributed by atoms with Gasteiger partial charge in [0.25, 0.3) is 0 Å². The number of ether oxygens (including phenoxy) is 1. The van der Waals surface area contributed by atoms with Crippen LogP contribution in [0.15, 0.2) is 12.2 Å².